The summed E-state index contributed by atoms with van der Waals surface area (Å²) in [5.41, 5.74) is 1.24. The molecule has 0 aliphatic carbocycles. The zero-order valence-electron chi connectivity index (χ0n) is 12.4. The normalized spacial score (nSPS) is 20.1. The van der Waals surface area contributed by atoms with Crippen LogP contribution in [0.25, 0.3) is 5.76 Å². The number of halogens is 1. The largest absolute Gasteiger partial charge is 0.507 e. The number of nitrogens with zero attached hydrogens (tertiary/aromatic N) is 1. The van der Waals surface area contributed by atoms with E-state index in [2.05, 4.69) is 0 Å². The standard InChI is InChI=1S/C18H14ClNO3/c1-20-15(12-8-5-9-13(19)10-12)14(17(22)18(20)23)16(21)11-6-3-2-4-7-11/h2-10,15,21H,1H3. The highest BCUT2D eigenvalue weighted by molar-refractivity contribution is 6.46. The third-order valence-electron chi connectivity index (χ3n) is 3.89. The summed E-state index contributed by atoms with van der Waals surface area (Å²) in [4.78, 5) is 25.8. The summed E-state index contributed by atoms with van der Waals surface area (Å²) in [5.74, 6) is -1.52. The van der Waals surface area contributed by atoms with Crippen molar-refractivity contribution in [3.05, 3.63) is 76.3 Å². The predicted molar refractivity (Wildman–Crippen MR) is 88.0 cm³/mol. The van der Waals surface area contributed by atoms with E-state index >= 15 is 0 Å². The first-order valence-corrected chi connectivity index (χ1v) is 7.44. The van der Waals surface area contributed by atoms with Gasteiger partial charge in [-0.2, -0.15) is 0 Å². The topological polar surface area (TPSA) is 57.6 Å². The number of hydrogen-bond acceptors (Lipinski definition) is 3. The minimum atomic E-state index is -0.696. The van der Waals surface area contributed by atoms with Crippen LogP contribution in [0.3, 0.4) is 0 Å². The molecule has 1 unspecified atom stereocenters. The van der Waals surface area contributed by atoms with Crippen molar-refractivity contribution in [1.29, 1.82) is 0 Å². The Labute approximate surface area is 138 Å². The Morgan fingerprint density at radius 1 is 1.09 bits per heavy atom. The molecule has 1 amide bonds. The molecule has 116 valence electrons. The minimum absolute atomic E-state index is 0.0750. The van der Waals surface area contributed by atoms with Crippen molar-refractivity contribution in [3.63, 3.8) is 0 Å². The Kier molecular flexibility index (Phi) is 3.92. The van der Waals surface area contributed by atoms with Crippen LogP contribution in [0, 0.1) is 0 Å². The zero-order chi connectivity index (χ0) is 16.6. The number of carbonyl (C=O) groups excluding carboxylic acids is 2. The summed E-state index contributed by atoms with van der Waals surface area (Å²) >= 11 is 6.02. The Morgan fingerprint density at radius 3 is 2.43 bits per heavy atom. The number of rotatable bonds is 2. The van der Waals surface area contributed by atoms with Gasteiger partial charge in [0.2, 0.25) is 0 Å². The quantitative estimate of drug-likeness (QED) is 0.522. The molecule has 1 fully saturated rings. The van der Waals surface area contributed by atoms with Gasteiger partial charge in [-0.15, -0.1) is 0 Å². The lowest BCUT2D eigenvalue weighted by molar-refractivity contribution is -0.139. The van der Waals surface area contributed by atoms with Gasteiger partial charge in [0, 0.05) is 17.6 Å². The molecule has 2 aromatic carbocycles. The Bertz CT molecular complexity index is 814. The van der Waals surface area contributed by atoms with Crippen LogP contribution >= 0.6 is 11.6 Å². The van der Waals surface area contributed by atoms with Crippen molar-refractivity contribution in [2.24, 2.45) is 0 Å². The van der Waals surface area contributed by atoms with Crippen molar-refractivity contribution in [3.8, 4) is 0 Å². The number of ketones is 1. The van der Waals surface area contributed by atoms with Crippen molar-refractivity contribution in [2.75, 3.05) is 7.05 Å². The fourth-order valence-electron chi connectivity index (χ4n) is 2.77. The average molecular weight is 328 g/mol. The van der Waals surface area contributed by atoms with E-state index in [-0.39, 0.29) is 11.3 Å². The first kappa shape index (κ1) is 15.3. The first-order chi connectivity index (χ1) is 11.0. The van der Waals surface area contributed by atoms with Crippen molar-refractivity contribution in [2.45, 2.75) is 6.04 Å². The smallest absolute Gasteiger partial charge is 0.295 e. The number of likely N-dealkylation sites (tertiary alicyclic amines) is 1. The molecular weight excluding hydrogens is 314 g/mol. The molecule has 0 radical (unpaired) electrons. The molecule has 23 heavy (non-hydrogen) atoms. The predicted octanol–water partition coefficient (Wildman–Crippen LogP) is 3.39. The summed E-state index contributed by atoms with van der Waals surface area (Å²) in [6.45, 7) is 0. The third-order valence-corrected chi connectivity index (χ3v) is 4.12. The van der Waals surface area contributed by atoms with Crippen molar-refractivity contribution < 1.29 is 14.7 Å². The van der Waals surface area contributed by atoms with Crippen LogP contribution in [0.2, 0.25) is 5.02 Å². The van der Waals surface area contributed by atoms with Crippen LogP contribution in [0.15, 0.2) is 60.2 Å². The molecule has 0 aromatic heterocycles. The van der Waals surface area contributed by atoms with Gasteiger partial charge < -0.3 is 10.0 Å². The summed E-state index contributed by atoms with van der Waals surface area (Å²) in [6, 6.07) is 15.0. The van der Waals surface area contributed by atoms with Gasteiger partial charge in [0.25, 0.3) is 11.7 Å². The molecule has 1 heterocycles. The summed E-state index contributed by atoms with van der Waals surface area (Å²) in [6.07, 6.45) is 0. The van der Waals surface area contributed by atoms with Crippen molar-refractivity contribution in [1.82, 2.24) is 4.90 Å². The molecule has 5 heteroatoms. The second kappa shape index (κ2) is 5.89. The maximum Gasteiger partial charge on any atom is 0.295 e. The summed E-state index contributed by atoms with van der Waals surface area (Å²) in [5, 5.41) is 11.1. The zero-order valence-corrected chi connectivity index (χ0v) is 13.1. The minimum Gasteiger partial charge on any atom is -0.507 e. The molecule has 1 saturated heterocycles. The van der Waals surface area contributed by atoms with Gasteiger partial charge in [0.15, 0.2) is 0 Å². The summed E-state index contributed by atoms with van der Waals surface area (Å²) < 4.78 is 0. The molecule has 1 aliphatic rings. The lowest BCUT2D eigenvalue weighted by atomic mass is 9.95. The monoisotopic (exact) mass is 327 g/mol. The van der Waals surface area contributed by atoms with E-state index in [1.165, 1.54) is 11.9 Å². The van der Waals surface area contributed by atoms with Gasteiger partial charge in [-0.3, -0.25) is 9.59 Å². The SMILES string of the molecule is CN1C(=O)C(=O)C(=C(O)c2ccccc2)C1c1cccc(Cl)c1. The molecular formula is C18H14ClNO3. The maximum absolute atomic E-state index is 12.4. The maximum atomic E-state index is 12.4. The van der Waals surface area contributed by atoms with Gasteiger partial charge in [-0.25, -0.2) is 0 Å². The van der Waals surface area contributed by atoms with Gasteiger partial charge in [-0.1, -0.05) is 54.1 Å². The van der Waals surface area contributed by atoms with Crippen LogP contribution in [-0.2, 0) is 9.59 Å². The number of aliphatic hydroxyl groups is 1. The number of Topliss-reactive ketones (excluding diaryl/α,β-unsaturated/α-hetero) is 1. The number of carbonyl (C=O) groups is 2. The van der Waals surface area contributed by atoms with E-state index in [1.54, 1.807) is 48.5 Å². The number of amides is 1. The van der Waals surface area contributed by atoms with Gasteiger partial charge in [0.05, 0.1) is 11.6 Å². The second-order valence-corrected chi connectivity index (χ2v) is 5.77. The summed E-state index contributed by atoms with van der Waals surface area (Å²) in [7, 11) is 1.54. The van der Waals surface area contributed by atoms with E-state index < -0.39 is 17.7 Å². The fourth-order valence-corrected chi connectivity index (χ4v) is 2.96. The molecule has 1 N–H and O–H groups in total. The van der Waals surface area contributed by atoms with E-state index in [1.807, 2.05) is 6.07 Å². The molecule has 2 aromatic rings. The van der Waals surface area contributed by atoms with Gasteiger partial charge in [0.1, 0.15) is 5.76 Å². The highest BCUT2D eigenvalue weighted by Crippen LogP contribution is 2.38. The van der Waals surface area contributed by atoms with Crippen LogP contribution in [-0.4, -0.2) is 28.7 Å². The first-order valence-electron chi connectivity index (χ1n) is 7.06. The second-order valence-electron chi connectivity index (χ2n) is 5.33. The Hall–Kier alpha value is -2.59. The van der Waals surface area contributed by atoms with Crippen LogP contribution in [0.4, 0.5) is 0 Å². The molecule has 0 saturated carbocycles. The average Bonchev–Trinajstić information content (AvgIpc) is 2.79. The number of aliphatic hydroxyl groups excluding tert-OH is 1. The van der Waals surface area contributed by atoms with E-state index in [9.17, 15) is 14.7 Å². The third kappa shape index (κ3) is 2.62. The molecule has 3 rings (SSSR count). The van der Waals surface area contributed by atoms with Gasteiger partial charge in [-0.05, 0) is 17.7 Å². The molecule has 0 bridgehead atoms. The van der Waals surface area contributed by atoms with Crippen LogP contribution in [0.1, 0.15) is 17.2 Å². The number of likely N-dealkylation sites (N-methyl/N-ethyl adjacent to an activating group) is 1. The molecule has 1 aliphatic heterocycles. The highest BCUT2D eigenvalue weighted by Gasteiger charge is 2.44. The van der Waals surface area contributed by atoms with E-state index in [0.717, 1.165) is 0 Å². The molecule has 1 atom stereocenters. The van der Waals surface area contributed by atoms with Crippen LogP contribution in [0.5, 0.6) is 0 Å². The Balaban J connectivity index is 2.19. The van der Waals surface area contributed by atoms with E-state index in [4.69, 9.17) is 11.6 Å². The van der Waals surface area contributed by atoms with Crippen LogP contribution < -0.4 is 0 Å². The Morgan fingerprint density at radius 2 is 1.78 bits per heavy atom. The number of hydrogen-bond donors (Lipinski definition) is 1. The molecule has 4 nitrogen and oxygen atoms in total. The lowest BCUT2D eigenvalue weighted by Gasteiger charge is -2.21. The van der Waals surface area contributed by atoms with E-state index in [0.29, 0.717) is 16.1 Å². The highest BCUT2D eigenvalue weighted by atomic mass is 35.5. The fraction of sp³-hybridized carbons (Fsp3) is 0.111. The lowest BCUT2D eigenvalue weighted by Crippen LogP contribution is -2.24. The van der Waals surface area contributed by atoms with Gasteiger partial charge >= 0.3 is 0 Å². The molecule has 0 spiro atoms. The number of benzene rings is 2. The van der Waals surface area contributed by atoms with Crippen molar-refractivity contribution >= 4 is 29.1 Å².